The third-order valence-corrected chi connectivity index (χ3v) is 2.17. The Hall–Kier alpha value is -0.800. The number of hydrogen-bond donors (Lipinski definition) is 0. The minimum atomic E-state index is -0.487. The third-order valence-electron chi connectivity index (χ3n) is 1.49. The summed E-state index contributed by atoms with van der Waals surface area (Å²) in [5, 5.41) is 0.254. The molecule has 5 heteroatoms. The van der Waals surface area contributed by atoms with E-state index in [-0.39, 0.29) is 16.5 Å². The summed E-state index contributed by atoms with van der Waals surface area (Å²) in [5.41, 5.74) is 0.765. The Balaban J connectivity index is 3.15. The molecule has 0 bridgehead atoms. The summed E-state index contributed by atoms with van der Waals surface area (Å²) in [6, 6.07) is 1.49. The van der Waals surface area contributed by atoms with Gasteiger partial charge < -0.3 is 4.74 Å². The van der Waals surface area contributed by atoms with Gasteiger partial charge in [0.05, 0.1) is 29.3 Å². The summed E-state index contributed by atoms with van der Waals surface area (Å²) in [5.74, 6) is -0.317. The van der Waals surface area contributed by atoms with Gasteiger partial charge in [-0.3, -0.25) is 4.98 Å². The van der Waals surface area contributed by atoms with Crippen LogP contribution < -0.4 is 0 Å². The molecule has 13 heavy (non-hydrogen) atoms. The molecular weight excluding hydrogens is 213 g/mol. The molecular formula is C8H7Cl2NO2. The zero-order valence-corrected chi connectivity index (χ0v) is 8.39. The number of ether oxygens (including phenoxy) is 1. The Morgan fingerprint density at radius 3 is 2.92 bits per heavy atom. The number of hydrogen-bond acceptors (Lipinski definition) is 3. The van der Waals surface area contributed by atoms with E-state index in [1.54, 1.807) is 0 Å². The Bertz CT molecular complexity index is 328. The van der Waals surface area contributed by atoms with E-state index >= 15 is 0 Å². The molecule has 0 unspecified atom stereocenters. The number of pyridine rings is 1. The van der Waals surface area contributed by atoms with Gasteiger partial charge in [-0.05, 0) is 6.07 Å². The van der Waals surface area contributed by atoms with Gasteiger partial charge in [0.2, 0.25) is 0 Å². The number of nitrogens with zero attached hydrogens (tertiary/aromatic N) is 1. The summed E-state index contributed by atoms with van der Waals surface area (Å²) in [7, 11) is 1.29. The molecule has 0 saturated carbocycles. The summed E-state index contributed by atoms with van der Waals surface area (Å²) in [6.07, 6.45) is 1.47. The number of halogens is 2. The van der Waals surface area contributed by atoms with Crippen molar-refractivity contribution in [2.24, 2.45) is 0 Å². The lowest BCUT2D eigenvalue weighted by atomic mass is 10.2. The zero-order valence-electron chi connectivity index (χ0n) is 6.88. The number of carbonyl (C=O) groups is 1. The topological polar surface area (TPSA) is 39.2 Å². The number of methoxy groups -OCH3 is 1. The maximum Gasteiger partial charge on any atom is 0.339 e. The molecule has 1 rings (SSSR count). The monoisotopic (exact) mass is 219 g/mol. The second-order valence-electron chi connectivity index (χ2n) is 2.24. The molecule has 0 aliphatic rings. The number of carbonyl (C=O) groups excluding carboxylic acids is 1. The van der Waals surface area contributed by atoms with Gasteiger partial charge >= 0.3 is 5.97 Å². The molecule has 0 spiro atoms. The van der Waals surface area contributed by atoms with Crippen LogP contribution in [-0.4, -0.2) is 18.1 Å². The molecule has 1 aromatic rings. The lowest BCUT2D eigenvalue weighted by molar-refractivity contribution is 0.0600. The van der Waals surface area contributed by atoms with E-state index in [2.05, 4.69) is 9.72 Å². The Morgan fingerprint density at radius 1 is 1.69 bits per heavy atom. The van der Waals surface area contributed by atoms with Gasteiger partial charge in [0, 0.05) is 6.20 Å². The van der Waals surface area contributed by atoms with Crippen LogP contribution in [0.25, 0.3) is 0 Å². The summed E-state index contributed by atoms with van der Waals surface area (Å²) >= 11 is 11.4. The minimum Gasteiger partial charge on any atom is -0.465 e. The van der Waals surface area contributed by atoms with Crippen LogP contribution in [0.1, 0.15) is 16.1 Å². The number of alkyl halides is 1. The van der Waals surface area contributed by atoms with Gasteiger partial charge in [0.15, 0.2) is 0 Å². The number of esters is 1. The van der Waals surface area contributed by atoms with Crippen LogP contribution in [0, 0.1) is 0 Å². The Labute approximate surface area is 85.6 Å². The van der Waals surface area contributed by atoms with Gasteiger partial charge in [-0.2, -0.15) is 0 Å². The molecule has 70 valence electrons. The first kappa shape index (κ1) is 10.3. The van der Waals surface area contributed by atoms with Crippen molar-refractivity contribution < 1.29 is 9.53 Å². The van der Waals surface area contributed by atoms with Gasteiger partial charge in [0.25, 0.3) is 0 Å². The third kappa shape index (κ3) is 2.11. The fourth-order valence-corrected chi connectivity index (χ4v) is 1.37. The van der Waals surface area contributed by atoms with Crippen molar-refractivity contribution in [1.82, 2.24) is 4.98 Å². The fraction of sp³-hybridized carbons (Fsp3) is 0.250. The Morgan fingerprint density at radius 2 is 2.38 bits per heavy atom. The molecule has 0 aliphatic carbocycles. The van der Waals surface area contributed by atoms with Crippen LogP contribution in [-0.2, 0) is 10.6 Å². The van der Waals surface area contributed by atoms with Crippen molar-refractivity contribution >= 4 is 29.2 Å². The Kier molecular flexibility index (Phi) is 3.51. The first-order valence-electron chi connectivity index (χ1n) is 3.48. The number of rotatable bonds is 2. The van der Waals surface area contributed by atoms with Crippen LogP contribution in [0.3, 0.4) is 0 Å². The molecule has 0 aromatic carbocycles. The second-order valence-corrected chi connectivity index (χ2v) is 2.89. The largest absolute Gasteiger partial charge is 0.465 e. The van der Waals surface area contributed by atoms with E-state index in [1.165, 1.54) is 19.4 Å². The first-order chi connectivity index (χ1) is 6.20. The van der Waals surface area contributed by atoms with E-state index < -0.39 is 5.97 Å². The van der Waals surface area contributed by atoms with E-state index in [0.29, 0.717) is 5.69 Å². The molecule has 0 atom stereocenters. The predicted octanol–water partition coefficient (Wildman–Crippen LogP) is 2.26. The van der Waals surface area contributed by atoms with Crippen molar-refractivity contribution in [2.75, 3.05) is 7.11 Å². The molecule has 1 heterocycles. The minimum absolute atomic E-state index is 0.170. The van der Waals surface area contributed by atoms with Crippen LogP contribution >= 0.6 is 23.2 Å². The molecule has 1 aromatic heterocycles. The van der Waals surface area contributed by atoms with Gasteiger partial charge in [-0.1, -0.05) is 11.6 Å². The average Bonchev–Trinajstić information content (AvgIpc) is 2.17. The highest BCUT2D eigenvalue weighted by atomic mass is 35.5. The maximum absolute atomic E-state index is 11.1. The molecule has 0 fully saturated rings. The lowest BCUT2D eigenvalue weighted by Gasteiger charge is -2.03. The summed E-state index contributed by atoms with van der Waals surface area (Å²) in [6.45, 7) is 0. The predicted molar refractivity (Wildman–Crippen MR) is 50.1 cm³/mol. The highest BCUT2D eigenvalue weighted by Gasteiger charge is 2.13. The van der Waals surface area contributed by atoms with Crippen molar-refractivity contribution in [3.63, 3.8) is 0 Å². The number of aromatic nitrogens is 1. The van der Waals surface area contributed by atoms with E-state index in [1.807, 2.05) is 0 Å². The van der Waals surface area contributed by atoms with Crippen LogP contribution in [0.15, 0.2) is 12.3 Å². The van der Waals surface area contributed by atoms with Crippen molar-refractivity contribution in [2.45, 2.75) is 5.88 Å². The molecule has 0 N–H and O–H groups in total. The smallest absolute Gasteiger partial charge is 0.339 e. The highest BCUT2D eigenvalue weighted by Crippen LogP contribution is 2.20. The summed E-state index contributed by atoms with van der Waals surface area (Å²) < 4.78 is 4.52. The quantitative estimate of drug-likeness (QED) is 0.566. The molecule has 0 radical (unpaired) electrons. The van der Waals surface area contributed by atoms with E-state index in [9.17, 15) is 4.79 Å². The van der Waals surface area contributed by atoms with Gasteiger partial charge in [-0.25, -0.2) is 4.79 Å². The normalized spacial score (nSPS) is 9.77. The van der Waals surface area contributed by atoms with Crippen LogP contribution in [0.4, 0.5) is 0 Å². The van der Waals surface area contributed by atoms with E-state index in [4.69, 9.17) is 23.2 Å². The first-order valence-corrected chi connectivity index (χ1v) is 4.39. The zero-order chi connectivity index (χ0) is 9.84. The maximum atomic E-state index is 11.1. The van der Waals surface area contributed by atoms with Crippen LogP contribution in [0.5, 0.6) is 0 Å². The van der Waals surface area contributed by atoms with Crippen molar-refractivity contribution in [3.8, 4) is 0 Å². The van der Waals surface area contributed by atoms with E-state index in [0.717, 1.165) is 0 Å². The molecule has 0 saturated heterocycles. The highest BCUT2D eigenvalue weighted by molar-refractivity contribution is 6.34. The molecule has 3 nitrogen and oxygen atoms in total. The standard InChI is InChI=1S/C8H7Cl2NO2/c1-13-8(12)5-2-3-11-6(4-9)7(5)10/h2-3H,4H2,1H3. The van der Waals surface area contributed by atoms with Crippen molar-refractivity contribution in [1.29, 1.82) is 0 Å². The SMILES string of the molecule is COC(=O)c1ccnc(CCl)c1Cl. The average molecular weight is 220 g/mol. The van der Waals surface area contributed by atoms with Gasteiger partial charge in [0.1, 0.15) is 0 Å². The van der Waals surface area contributed by atoms with Gasteiger partial charge in [-0.15, -0.1) is 11.6 Å². The lowest BCUT2D eigenvalue weighted by Crippen LogP contribution is -2.04. The molecule has 0 aliphatic heterocycles. The second kappa shape index (κ2) is 4.44. The van der Waals surface area contributed by atoms with Crippen molar-refractivity contribution in [3.05, 3.63) is 28.5 Å². The molecule has 0 amide bonds. The van der Waals surface area contributed by atoms with Crippen LogP contribution in [0.2, 0.25) is 5.02 Å². The fourth-order valence-electron chi connectivity index (χ4n) is 0.848. The summed E-state index contributed by atoms with van der Waals surface area (Å²) in [4.78, 5) is 15.0.